The monoisotopic (exact) mass is 318 g/mol. The number of hydrogen-bond donors (Lipinski definition) is 2. The molecule has 2 aliphatic rings. The summed E-state index contributed by atoms with van der Waals surface area (Å²) in [5, 5.41) is 13.2. The number of benzene rings is 1. The van der Waals surface area contributed by atoms with Crippen molar-refractivity contribution in [1.29, 1.82) is 0 Å². The lowest BCUT2D eigenvalue weighted by molar-refractivity contribution is -0.120. The molecule has 1 aliphatic carbocycles. The molecule has 1 heterocycles. The predicted octanol–water partition coefficient (Wildman–Crippen LogP) is 2.55. The van der Waals surface area contributed by atoms with Gasteiger partial charge in [-0.3, -0.25) is 4.79 Å². The minimum Gasteiger partial charge on any atom is -0.389 e. The molecule has 1 saturated carbocycles. The second-order valence-electron chi connectivity index (χ2n) is 6.82. The van der Waals surface area contributed by atoms with E-state index >= 15 is 0 Å². The second-order valence-corrected chi connectivity index (χ2v) is 6.82. The van der Waals surface area contributed by atoms with Gasteiger partial charge in [0.1, 0.15) is 0 Å². The number of morpholine rings is 1. The van der Waals surface area contributed by atoms with Crippen molar-refractivity contribution in [3.8, 4) is 0 Å². The van der Waals surface area contributed by atoms with Gasteiger partial charge in [-0.15, -0.1) is 0 Å². The number of rotatable bonds is 4. The van der Waals surface area contributed by atoms with Crippen molar-refractivity contribution in [1.82, 2.24) is 0 Å². The van der Waals surface area contributed by atoms with E-state index in [0.717, 1.165) is 56.8 Å². The highest BCUT2D eigenvalue weighted by molar-refractivity contribution is 5.91. The van der Waals surface area contributed by atoms with Crippen LogP contribution in [0.3, 0.4) is 0 Å². The molecule has 1 aromatic carbocycles. The van der Waals surface area contributed by atoms with Gasteiger partial charge in [-0.05, 0) is 44.0 Å². The molecule has 2 fully saturated rings. The number of nitrogens with zero attached hydrogens (tertiary/aromatic N) is 1. The Balaban J connectivity index is 1.57. The normalized spacial score (nSPS) is 23.7. The van der Waals surface area contributed by atoms with E-state index in [4.69, 9.17) is 4.74 Å². The van der Waals surface area contributed by atoms with Gasteiger partial charge in [0.25, 0.3) is 0 Å². The van der Waals surface area contributed by atoms with Crippen molar-refractivity contribution in [3.05, 3.63) is 24.3 Å². The van der Waals surface area contributed by atoms with E-state index in [1.807, 2.05) is 24.3 Å². The fourth-order valence-electron chi connectivity index (χ4n) is 3.56. The van der Waals surface area contributed by atoms with E-state index in [-0.39, 0.29) is 12.3 Å². The van der Waals surface area contributed by atoms with Gasteiger partial charge in [0.05, 0.1) is 25.2 Å². The summed E-state index contributed by atoms with van der Waals surface area (Å²) in [4.78, 5) is 14.4. The average Bonchev–Trinajstić information content (AvgIpc) is 2.95. The number of nitrogens with one attached hydrogen (secondary N) is 1. The molecule has 2 N–H and O–H groups in total. The first-order valence-corrected chi connectivity index (χ1v) is 8.52. The lowest BCUT2D eigenvalue weighted by Crippen LogP contribution is -2.43. The summed E-state index contributed by atoms with van der Waals surface area (Å²) >= 11 is 0. The number of hydrogen-bond acceptors (Lipinski definition) is 4. The zero-order valence-corrected chi connectivity index (χ0v) is 13.8. The maximum absolute atomic E-state index is 12.1. The van der Waals surface area contributed by atoms with E-state index in [2.05, 4.69) is 17.1 Å². The van der Waals surface area contributed by atoms with Gasteiger partial charge in [-0.1, -0.05) is 12.8 Å². The summed E-state index contributed by atoms with van der Waals surface area (Å²) in [6.07, 6.45) is 3.67. The van der Waals surface area contributed by atoms with Gasteiger partial charge < -0.3 is 20.1 Å². The van der Waals surface area contributed by atoms with Crippen molar-refractivity contribution in [2.45, 2.75) is 50.7 Å². The van der Waals surface area contributed by atoms with E-state index < -0.39 is 5.60 Å². The maximum Gasteiger partial charge on any atom is 0.227 e. The Kier molecular flexibility index (Phi) is 4.87. The first-order chi connectivity index (χ1) is 11.1. The van der Waals surface area contributed by atoms with Crippen molar-refractivity contribution in [2.24, 2.45) is 0 Å². The largest absolute Gasteiger partial charge is 0.389 e. The predicted molar refractivity (Wildman–Crippen MR) is 90.7 cm³/mol. The van der Waals surface area contributed by atoms with Gasteiger partial charge in [-0.25, -0.2) is 0 Å². The van der Waals surface area contributed by atoms with Crippen LogP contribution in [-0.4, -0.2) is 42.4 Å². The van der Waals surface area contributed by atoms with Gasteiger partial charge >= 0.3 is 0 Å². The van der Waals surface area contributed by atoms with Gasteiger partial charge in [0, 0.05) is 24.0 Å². The third-order valence-corrected chi connectivity index (χ3v) is 4.87. The molecule has 1 amide bonds. The zero-order chi connectivity index (χ0) is 16.3. The molecule has 23 heavy (non-hydrogen) atoms. The van der Waals surface area contributed by atoms with Crippen molar-refractivity contribution in [2.75, 3.05) is 30.0 Å². The van der Waals surface area contributed by atoms with Crippen LogP contribution in [0.15, 0.2) is 24.3 Å². The lowest BCUT2D eigenvalue weighted by Gasteiger charge is -2.35. The van der Waals surface area contributed by atoms with E-state index in [1.54, 1.807) is 0 Å². The molecule has 5 nitrogen and oxygen atoms in total. The van der Waals surface area contributed by atoms with Gasteiger partial charge in [0.15, 0.2) is 0 Å². The van der Waals surface area contributed by atoms with Crippen LogP contribution in [0, 0.1) is 0 Å². The number of carbonyl (C=O) groups excluding carboxylic acids is 1. The van der Waals surface area contributed by atoms with E-state index in [9.17, 15) is 9.90 Å². The topological polar surface area (TPSA) is 61.8 Å². The highest BCUT2D eigenvalue weighted by Gasteiger charge is 2.33. The van der Waals surface area contributed by atoms with Crippen LogP contribution in [-0.2, 0) is 9.53 Å². The summed E-state index contributed by atoms with van der Waals surface area (Å²) in [6.45, 7) is 4.54. The van der Waals surface area contributed by atoms with Crippen LogP contribution >= 0.6 is 0 Å². The van der Waals surface area contributed by atoms with Crippen molar-refractivity contribution < 1.29 is 14.6 Å². The summed E-state index contributed by atoms with van der Waals surface area (Å²) in [6, 6.07) is 8.27. The molecule has 0 aromatic heterocycles. The van der Waals surface area contributed by atoms with Gasteiger partial charge in [0.2, 0.25) is 5.91 Å². The Morgan fingerprint density at radius 1 is 1.35 bits per heavy atom. The van der Waals surface area contributed by atoms with Crippen molar-refractivity contribution >= 4 is 17.3 Å². The highest BCUT2D eigenvalue weighted by Crippen LogP contribution is 2.32. The molecule has 1 unspecified atom stereocenters. The smallest absolute Gasteiger partial charge is 0.227 e. The summed E-state index contributed by atoms with van der Waals surface area (Å²) in [5.41, 5.74) is 1.13. The molecular weight excluding hydrogens is 292 g/mol. The molecule has 0 spiro atoms. The zero-order valence-electron chi connectivity index (χ0n) is 13.8. The molecule has 1 aromatic rings. The molecule has 0 bridgehead atoms. The summed E-state index contributed by atoms with van der Waals surface area (Å²) in [5.74, 6) is -0.109. The Labute approximate surface area is 137 Å². The Bertz CT molecular complexity index is 538. The number of amides is 1. The summed E-state index contributed by atoms with van der Waals surface area (Å²) in [7, 11) is 0. The number of carbonyl (C=O) groups is 1. The van der Waals surface area contributed by atoms with Crippen LogP contribution in [0.2, 0.25) is 0 Å². The Hall–Kier alpha value is -1.59. The van der Waals surface area contributed by atoms with Crippen LogP contribution in [0.4, 0.5) is 11.4 Å². The minimum absolute atomic E-state index is 0.109. The van der Waals surface area contributed by atoms with Crippen LogP contribution < -0.4 is 10.2 Å². The highest BCUT2D eigenvalue weighted by atomic mass is 16.5. The lowest BCUT2D eigenvalue weighted by atomic mass is 9.97. The van der Waals surface area contributed by atoms with Gasteiger partial charge in [-0.2, -0.15) is 0 Å². The molecule has 1 aliphatic heterocycles. The summed E-state index contributed by atoms with van der Waals surface area (Å²) < 4.78 is 5.46. The van der Waals surface area contributed by atoms with Crippen LogP contribution in [0.25, 0.3) is 0 Å². The number of ether oxygens (including phenoxy) is 1. The molecule has 0 radical (unpaired) electrons. The fraction of sp³-hybridized carbons (Fsp3) is 0.611. The van der Waals surface area contributed by atoms with E-state index in [1.165, 1.54) is 0 Å². The van der Waals surface area contributed by atoms with Crippen LogP contribution in [0.1, 0.15) is 39.0 Å². The second kappa shape index (κ2) is 6.89. The molecule has 5 heteroatoms. The molecule has 1 saturated heterocycles. The number of aliphatic hydroxyl groups is 1. The average molecular weight is 318 g/mol. The quantitative estimate of drug-likeness (QED) is 0.895. The minimum atomic E-state index is -0.798. The number of anilines is 2. The SMILES string of the molecule is CC1COCCN1c1ccc(NC(=O)CC2(O)CCCC2)cc1. The molecular formula is C18H26N2O3. The van der Waals surface area contributed by atoms with Crippen molar-refractivity contribution in [3.63, 3.8) is 0 Å². The molecule has 126 valence electrons. The third kappa shape index (κ3) is 4.03. The maximum atomic E-state index is 12.1. The third-order valence-electron chi connectivity index (χ3n) is 4.87. The fourth-order valence-corrected chi connectivity index (χ4v) is 3.56. The van der Waals surface area contributed by atoms with Crippen LogP contribution in [0.5, 0.6) is 0 Å². The first kappa shape index (κ1) is 16.3. The standard InChI is InChI=1S/C18H26N2O3/c1-14-13-23-11-10-20(14)16-6-4-15(5-7-16)19-17(21)12-18(22)8-2-3-9-18/h4-7,14,22H,2-3,8-13H2,1H3,(H,19,21). The van der Waals surface area contributed by atoms with E-state index in [0.29, 0.717) is 6.04 Å². The first-order valence-electron chi connectivity index (χ1n) is 8.52. The molecule has 3 rings (SSSR count). The Morgan fingerprint density at radius 3 is 2.70 bits per heavy atom. The Morgan fingerprint density at radius 2 is 2.04 bits per heavy atom. The molecule has 1 atom stereocenters.